The molecule has 128 valence electrons. The molecular weight excluding hydrogens is 286 g/mol. The first-order valence-electron chi connectivity index (χ1n) is 7.60. The first-order valence-corrected chi connectivity index (χ1v) is 7.60. The van der Waals surface area contributed by atoms with Gasteiger partial charge in [-0.3, -0.25) is 9.59 Å². The van der Waals surface area contributed by atoms with Gasteiger partial charge in [0.2, 0.25) is 5.91 Å². The molecule has 22 heavy (non-hydrogen) atoms. The third kappa shape index (κ3) is 10.0. The quantitative estimate of drug-likeness (QED) is 0.522. The zero-order chi connectivity index (χ0) is 17.2. The molecule has 7 heteroatoms. The summed E-state index contributed by atoms with van der Waals surface area (Å²) in [5, 5.41) is 5.57. The van der Waals surface area contributed by atoms with Crippen LogP contribution >= 0.6 is 0 Å². The number of urea groups is 1. The van der Waals surface area contributed by atoms with Gasteiger partial charge in [0.25, 0.3) is 0 Å². The Bertz CT molecular complexity index is 377. The van der Waals surface area contributed by atoms with Crippen molar-refractivity contribution in [2.75, 3.05) is 26.7 Å². The first-order chi connectivity index (χ1) is 10.2. The van der Waals surface area contributed by atoms with Gasteiger partial charge in [-0.25, -0.2) is 4.79 Å². The highest BCUT2D eigenvalue weighted by Crippen LogP contribution is 2.00. The summed E-state index contributed by atoms with van der Waals surface area (Å²) in [7, 11) is 1.35. The molecule has 0 rings (SSSR count). The molecule has 7 nitrogen and oxygen atoms in total. The molecule has 0 aliphatic rings. The van der Waals surface area contributed by atoms with Crippen LogP contribution in [0.1, 0.15) is 47.0 Å². The number of hydrogen-bond acceptors (Lipinski definition) is 4. The highest BCUT2D eigenvalue weighted by molar-refractivity contribution is 5.84. The molecule has 2 N–H and O–H groups in total. The lowest BCUT2D eigenvalue weighted by molar-refractivity contribution is -0.140. The van der Waals surface area contributed by atoms with Crippen LogP contribution in [0.4, 0.5) is 4.79 Å². The average Bonchev–Trinajstić information content (AvgIpc) is 2.41. The highest BCUT2D eigenvalue weighted by atomic mass is 16.5. The van der Waals surface area contributed by atoms with Gasteiger partial charge in [-0.1, -0.05) is 0 Å². The minimum atomic E-state index is -0.319. The predicted molar refractivity (Wildman–Crippen MR) is 84.4 cm³/mol. The molecule has 0 bridgehead atoms. The van der Waals surface area contributed by atoms with Gasteiger partial charge in [0.1, 0.15) is 6.54 Å². The molecule has 3 amide bonds. The van der Waals surface area contributed by atoms with Crippen LogP contribution < -0.4 is 10.6 Å². The fourth-order valence-corrected chi connectivity index (χ4v) is 1.76. The molecule has 0 saturated carbocycles. The topological polar surface area (TPSA) is 87.7 Å². The third-order valence-electron chi connectivity index (χ3n) is 2.83. The zero-order valence-corrected chi connectivity index (χ0v) is 14.3. The van der Waals surface area contributed by atoms with E-state index < -0.39 is 0 Å². The van der Waals surface area contributed by atoms with Crippen molar-refractivity contribution in [1.29, 1.82) is 0 Å². The number of nitrogens with one attached hydrogen (secondary N) is 2. The smallest absolute Gasteiger partial charge is 0.317 e. The van der Waals surface area contributed by atoms with Crippen LogP contribution in [0.2, 0.25) is 0 Å². The normalized spacial score (nSPS) is 10.8. The van der Waals surface area contributed by atoms with Crippen LogP contribution in [0.25, 0.3) is 0 Å². The van der Waals surface area contributed by atoms with E-state index in [9.17, 15) is 14.4 Å². The predicted octanol–water partition coefficient (Wildman–Crippen LogP) is 1.28. The van der Waals surface area contributed by atoms with Crippen molar-refractivity contribution in [2.45, 2.75) is 52.5 Å². The van der Waals surface area contributed by atoms with Crippen molar-refractivity contribution in [3.05, 3.63) is 0 Å². The molecule has 0 aliphatic heterocycles. The standard InChI is InChI=1S/C15H29N3O4/c1-6-18(11-12(19)17-15(2,3)4)14(21)16-10-8-7-9-13(20)22-5/h6-11H2,1-5H3,(H,16,21)(H,17,19). The van der Waals surface area contributed by atoms with E-state index in [1.54, 1.807) is 0 Å². The second kappa shape index (κ2) is 10.0. The minimum absolute atomic E-state index is 0.0295. The van der Waals surface area contributed by atoms with E-state index in [4.69, 9.17) is 0 Å². The van der Waals surface area contributed by atoms with Gasteiger partial charge >= 0.3 is 12.0 Å². The Kier molecular flexibility index (Phi) is 9.21. The van der Waals surface area contributed by atoms with Gasteiger partial charge in [-0.05, 0) is 40.5 Å². The monoisotopic (exact) mass is 315 g/mol. The maximum absolute atomic E-state index is 12.0. The summed E-state index contributed by atoms with van der Waals surface area (Å²) < 4.78 is 4.54. The van der Waals surface area contributed by atoms with Crippen molar-refractivity contribution in [1.82, 2.24) is 15.5 Å². The molecule has 0 fully saturated rings. The van der Waals surface area contributed by atoms with Gasteiger partial charge in [0.05, 0.1) is 7.11 Å². The maximum atomic E-state index is 12.0. The second-order valence-corrected chi connectivity index (χ2v) is 6.08. The van der Waals surface area contributed by atoms with E-state index in [0.717, 1.165) is 0 Å². The van der Waals surface area contributed by atoms with Crippen molar-refractivity contribution in [2.24, 2.45) is 0 Å². The molecule has 0 unspecified atom stereocenters. The number of rotatable bonds is 8. The Morgan fingerprint density at radius 2 is 1.77 bits per heavy atom. The number of nitrogens with zero attached hydrogens (tertiary/aromatic N) is 1. The van der Waals surface area contributed by atoms with Gasteiger partial charge in [-0.15, -0.1) is 0 Å². The molecule has 0 aromatic rings. The van der Waals surface area contributed by atoms with E-state index in [1.807, 2.05) is 27.7 Å². The summed E-state index contributed by atoms with van der Waals surface area (Å²) in [4.78, 5) is 36.2. The lowest BCUT2D eigenvalue weighted by atomic mass is 10.1. The number of methoxy groups -OCH3 is 1. The number of likely N-dealkylation sites (N-methyl/N-ethyl adjacent to an activating group) is 1. The maximum Gasteiger partial charge on any atom is 0.317 e. The van der Waals surface area contributed by atoms with Crippen molar-refractivity contribution in [3.63, 3.8) is 0 Å². The molecule has 0 aromatic heterocycles. The van der Waals surface area contributed by atoms with Crippen LogP contribution in [-0.2, 0) is 14.3 Å². The molecule has 0 heterocycles. The lowest BCUT2D eigenvalue weighted by Gasteiger charge is -2.25. The second-order valence-electron chi connectivity index (χ2n) is 6.08. The summed E-state index contributed by atoms with van der Waals surface area (Å²) in [6.07, 6.45) is 1.69. The number of unbranched alkanes of at least 4 members (excludes halogenated alkanes) is 1. The van der Waals surface area contributed by atoms with Crippen molar-refractivity contribution >= 4 is 17.9 Å². The Morgan fingerprint density at radius 3 is 2.27 bits per heavy atom. The summed E-state index contributed by atoms with van der Waals surface area (Å²) in [5.41, 5.74) is -0.319. The molecule has 0 radical (unpaired) electrons. The van der Waals surface area contributed by atoms with Gasteiger partial charge in [0.15, 0.2) is 0 Å². The summed E-state index contributed by atoms with van der Waals surface area (Å²) in [6.45, 7) is 8.44. The molecule has 0 atom stereocenters. The average molecular weight is 315 g/mol. The van der Waals surface area contributed by atoms with Crippen LogP contribution in [0.15, 0.2) is 0 Å². The highest BCUT2D eigenvalue weighted by Gasteiger charge is 2.18. The van der Waals surface area contributed by atoms with Gasteiger partial charge in [0, 0.05) is 25.0 Å². The third-order valence-corrected chi connectivity index (χ3v) is 2.83. The fourth-order valence-electron chi connectivity index (χ4n) is 1.76. The Balaban J connectivity index is 4.05. The van der Waals surface area contributed by atoms with E-state index in [1.165, 1.54) is 12.0 Å². The number of ether oxygens (including phenoxy) is 1. The molecule has 0 aromatic carbocycles. The summed E-state index contributed by atoms with van der Waals surface area (Å²) in [6, 6.07) is -0.273. The number of amides is 3. The number of carbonyl (C=O) groups is 3. The van der Waals surface area contributed by atoms with Crippen LogP contribution in [0.3, 0.4) is 0 Å². The largest absolute Gasteiger partial charge is 0.469 e. The molecule has 0 spiro atoms. The zero-order valence-electron chi connectivity index (χ0n) is 14.3. The first kappa shape index (κ1) is 20.2. The van der Waals surface area contributed by atoms with Crippen molar-refractivity contribution < 1.29 is 19.1 Å². The fraction of sp³-hybridized carbons (Fsp3) is 0.800. The Morgan fingerprint density at radius 1 is 1.14 bits per heavy atom. The van der Waals surface area contributed by atoms with Crippen molar-refractivity contribution in [3.8, 4) is 0 Å². The Hall–Kier alpha value is -1.79. The SMILES string of the molecule is CCN(CC(=O)NC(C)(C)C)C(=O)NCCCCC(=O)OC. The molecule has 0 aliphatic carbocycles. The van der Waals surface area contributed by atoms with Gasteiger partial charge < -0.3 is 20.3 Å². The molecular formula is C15H29N3O4. The van der Waals surface area contributed by atoms with E-state index in [-0.39, 0.29) is 30.0 Å². The van der Waals surface area contributed by atoms with E-state index >= 15 is 0 Å². The van der Waals surface area contributed by atoms with Crippen LogP contribution in [-0.4, -0.2) is 55.1 Å². The number of hydrogen-bond donors (Lipinski definition) is 2. The number of carbonyl (C=O) groups excluding carboxylic acids is 3. The van der Waals surface area contributed by atoms with Gasteiger partial charge in [-0.2, -0.15) is 0 Å². The lowest BCUT2D eigenvalue weighted by Crippen LogP contribution is -2.49. The Labute approximate surface area is 132 Å². The summed E-state index contributed by atoms with van der Waals surface area (Å²) >= 11 is 0. The molecule has 0 saturated heterocycles. The summed E-state index contributed by atoms with van der Waals surface area (Å²) in [5.74, 6) is -0.435. The van der Waals surface area contributed by atoms with E-state index in [2.05, 4.69) is 15.4 Å². The van der Waals surface area contributed by atoms with E-state index in [0.29, 0.717) is 32.4 Å². The number of esters is 1. The minimum Gasteiger partial charge on any atom is -0.469 e. The van der Waals surface area contributed by atoms with Crippen LogP contribution in [0.5, 0.6) is 0 Å². The van der Waals surface area contributed by atoms with Crippen LogP contribution in [0, 0.1) is 0 Å².